The van der Waals surface area contributed by atoms with Crippen LogP contribution < -0.4 is 4.31 Å². The summed E-state index contributed by atoms with van der Waals surface area (Å²) < 4.78 is 26.9. The molecule has 2 aromatic rings. The van der Waals surface area contributed by atoms with Crippen LogP contribution >= 0.6 is 11.6 Å². The quantitative estimate of drug-likeness (QED) is 0.600. The van der Waals surface area contributed by atoms with E-state index in [1.165, 1.54) is 12.1 Å². The molecule has 0 unspecified atom stereocenters. The zero-order valence-electron chi connectivity index (χ0n) is 13.1. The van der Waals surface area contributed by atoms with Crippen LogP contribution in [0.5, 0.6) is 0 Å². The molecule has 1 heterocycles. The van der Waals surface area contributed by atoms with E-state index in [-0.39, 0.29) is 39.9 Å². The zero-order valence-corrected chi connectivity index (χ0v) is 14.7. The van der Waals surface area contributed by atoms with Gasteiger partial charge in [-0.25, -0.2) is 8.42 Å². The van der Waals surface area contributed by atoms with Crippen molar-refractivity contribution in [1.82, 2.24) is 0 Å². The molecule has 9 heteroatoms. The molecule has 0 amide bonds. The lowest BCUT2D eigenvalue weighted by Crippen LogP contribution is -2.37. The van der Waals surface area contributed by atoms with Gasteiger partial charge >= 0.3 is 0 Å². The number of benzene rings is 2. The number of carbonyl (C=O) groups is 1. The Morgan fingerprint density at radius 2 is 1.84 bits per heavy atom. The summed E-state index contributed by atoms with van der Waals surface area (Å²) in [5.74, 6) is -0.356. The van der Waals surface area contributed by atoms with Crippen molar-refractivity contribution in [1.29, 1.82) is 0 Å². The van der Waals surface area contributed by atoms with Gasteiger partial charge in [-0.3, -0.25) is 19.2 Å². The van der Waals surface area contributed by atoms with E-state index in [1.54, 1.807) is 12.1 Å². The van der Waals surface area contributed by atoms with E-state index in [1.807, 2.05) is 6.92 Å². The standard InChI is InChI=1S/C16H13ClN2O5S/c1-10-2-4-11(5-3-10)25(23,24)18-7-6-16(20)12-8-15(19(21)22)13(17)9-14(12)18/h2-5,8-9H,6-7H2,1H3. The van der Waals surface area contributed by atoms with Gasteiger partial charge in [-0.15, -0.1) is 0 Å². The fourth-order valence-electron chi connectivity index (χ4n) is 2.67. The molecule has 0 aromatic heterocycles. The number of fused-ring (bicyclic) bond motifs is 1. The molecule has 0 spiro atoms. The molecule has 1 aliphatic heterocycles. The van der Waals surface area contributed by atoms with Crippen LogP contribution in [0.4, 0.5) is 11.4 Å². The molecule has 0 saturated heterocycles. The maximum atomic E-state index is 12.9. The number of nitro groups is 1. The molecule has 7 nitrogen and oxygen atoms in total. The van der Waals surface area contributed by atoms with E-state index in [2.05, 4.69) is 0 Å². The third kappa shape index (κ3) is 2.98. The third-order valence-electron chi connectivity index (χ3n) is 3.98. The molecule has 25 heavy (non-hydrogen) atoms. The minimum atomic E-state index is -3.91. The van der Waals surface area contributed by atoms with Gasteiger partial charge in [0.25, 0.3) is 15.7 Å². The van der Waals surface area contributed by atoms with Crippen LogP contribution in [-0.4, -0.2) is 25.7 Å². The highest BCUT2D eigenvalue weighted by molar-refractivity contribution is 7.92. The maximum Gasteiger partial charge on any atom is 0.288 e. The maximum absolute atomic E-state index is 12.9. The predicted molar refractivity (Wildman–Crippen MR) is 92.8 cm³/mol. The fourth-order valence-corrected chi connectivity index (χ4v) is 4.37. The van der Waals surface area contributed by atoms with Crippen LogP contribution in [0.25, 0.3) is 0 Å². The van der Waals surface area contributed by atoms with Gasteiger partial charge in [0, 0.05) is 24.6 Å². The molecule has 0 atom stereocenters. The van der Waals surface area contributed by atoms with E-state index in [0.717, 1.165) is 22.0 Å². The lowest BCUT2D eigenvalue weighted by molar-refractivity contribution is -0.384. The molecule has 0 aliphatic carbocycles. The first-order chi connectivity index (χ1) is 11.7. The van der Waals surface area contributed by atoms with Crippen molar-refractivity contribution in [3.63, 3.8) is 0 Å². The normalized spacial score (nSPS) is 14.3. The topological polar surface area (TPSA) is 97.6 Å². The van der Waals surface area contributed by atoms with Gasteiger partial charge in [0.2, 0.25) is 0 Å². The van der Waals surface area contributed by atoms with Crippen molar-refractivity contribution < 1.29 is 18.1 Å². The summed E-state index contributed by atoms with van der Waals surface area (Å²) in [6.07, 6.45) is -0.0587. The first-order valence-electron chi connectivity index (χ1n) is 7.32. The summed E-state index contributed by atoms with van der Waals surface area (Å²) in [4.78, 5) is 22.5. The smallest absolute Gasteiger partial charge is 0.288 e. The number of sulfonamides is 1. The zero-order chi connectivity index (χ0) is 18.4. The Morgan fingerprint density at radius 3 is 2.44 bits per heavy atom. The van der Waals surface area contributed by atoms with Crippen LogP contribution in [0.1, 0.15) is 22.3 Å². The molecule has 0 radical (unpaired) electrons. The van der Waals surface area contributed by atoms with Crippen LogP contribution in [-0.2, 0) is 10.0 Å². The number of nitrogens with zero attached hydrogens (tertiary/aromatic N) is 2. The Balaban J connectivity index is 2.16. The van der Waals surface area contributed by atoms with Gasteiger partial charge in [-0.05, 0) is 25.1 Å². The molecule has 130 valence electrons. The second-order valence-corrected chi connectivity index (χ2v) is 7.91. The highest BCUT2D eigenvalue weighted by Gasteiger charge is 2.34. The van der Waals surface area contributed by atoms with Gasteiger partial charge in [-0.1, -0.05) is 29.3 Å². The molecule has 1 aliphatic rings. The number of hydrogen-bond acceptors (Lipinski definition) is 5. The molecule has 3 rings (SSSR count). The van der Waals surface area contributed by atoms with E-state index in [9.17, 15) is 23.3 Å². The third-order valence-corrected chi connectivity index (χ3v) is 6.11. The first kappa shape index (κ1) is 17.4. The van der Waals surface area contributed by atoms with Crippen molar-refractivity contribution in [2.45, 2.75) is 18.2 Å². The summed E-state index contributed by atoms with van der Waals surface area (Å²) in [6.45, 7) is 1.79. The summed E-state index contributed by atoms with van der Waals surface area (Å²) in [5.41, 5.74) is 0.528. The van der Waals surface area contributed by atoms with Crippen molar-refractivity contribution in [3.05, 3.63) is 62.7 Å². The molecule has 2 aromatic carbocycles. The lowest BCUT2D eigenvalue weighted by atomic mass is 10.0. The van der Waals surface area contributed by atoms with Gasteiger partial charge in [-0.2, -0.15) is 0 Å². The number of Topliss-reactive ketones (excluding diaryl/α,β-unsaturated/α-hetero) is 1. The van der Waals surface area contributed by atoms with E-state index in [4.69, 9.17) is 11.6 Å². The molecule has 0 N–H and O–H groups in total. The summed E-state index contributed by atoms with van der Waals surface area (Å²) in [6, 6.07) is 8.51. The fraction of sp³-hybridized carbons (Fsp3) is 0.188. The minimum Gasteiger partial charge on any atom is -0.294 e. The van der Waals surface area contributed by atoms with Gasteiger partial charge in [0.1, 0.15) is 5.02 Å². The summed E-state index contributed by atoms with van der Waals surface area (Å²) >= 11 is 5.91. The minimum absolute atomic E-state index is 0.0157. The Bertz CT molecular complexity index is 986. The van der Waals surface area contributed by atoms with Crippen molar-refractivity contribution in [3.8, 4) is 0 Å². The van der Waals surface area contributed by atoms with Crippen molar-refractivity contribution in [2.75, 3.05) is 10.8 Å². The molecule has 0 fully saturated rings. The average Bonchev–Trinajstić information content (AvgIpc) is 2.54. The van der Waals surface area contributed by atoms with E-state index in [0.29, 0.717) is 0 Å². The highest BCUT2D eigenvalue weighted by Crippen LogP contribution is 2.38. The van der Waals surface area contributed by atoms with E-state index < -0.39 is 20.6 Å². The number of carbonyl (C=O) groups excluding carboxylic acids is 1. The Labute approximate surface area is 149 Å². The van der Waals surface area contributed by atoms with E-state index >= 15 is 0 Å². The number of ketones is 1. The molecular weight excluding hydrogens is 368 g/mol. The Morgan fingerprint density at radius 1 is 1.20 bits per heavy atom. The van der Waals surface area contributed by atoms with Crippen molar-refractivity contribution in [2.24, 2.45) is 0 Å². The second kappa shape index (κ2) is 6.12. The largest absolute Gasteiger partial charge is 0.294 e. The SMILES string of the molecule is Cc1ccc(S(=O)(=O)N2CCC(=O)c3cc([N+](=O)[O-])c(Cl)cc32)cc1. The van der Waals surface area contributed by atoms with Gasteiger partial charge in [0.05, 0.1) is 15.5 Å². The predicted octanol–water partition coefficient (Wildman–Crippen LogP) is 3.34. The molecule has 0 bridgehead atoms. The molecular formula is C16H13ClN2O5S. The molecule has 0 saturated carbocycles. The number of aryl methyl sites for hydroxylation is 1. The first-order valence-corrected chi connectivity index (χ1v) is 9.14. The number of hydrogen-bond donors (Lipinski definition) is 0. The van der Waals surface area contributed by atoms with Crippen LogP contribution in [0.3, 0.4) is 0 Å². The summed E-state index contributed by atoms with van der Waals surface area (Å²) in [7, 11) is -3.91. The highest BCUT2D eigenvalue weighted by atomic mass is 35.5. The number of anilines is 1. The Kier molecular flexibility index (Phi) is 4.26. The number of halogens is 1. The van der Waals surface area contributed by atoms with Crippen LogP contribution in [0, 0.1) is 17.0 Å². The monoisotopic (exact) mass is 380 g/mol. The van der Waals surface area contributed by atoms with Crippen molar-refractivity contribution >= 4 is 38.8 Å². The lowest BCUT2D eigenvalue weighted by Gasteiger charge is -2.29. The van der Waals surface area contributed by atoms with Gasteiger partial charge < -0.3 is 0 Å². The van der Waals surface area contributed by atoms with Crippen LogP contribution in [0.2, 0.25) is 5.02 Å². The number of rotatable bonds is 3. The Hall–Kier alpha value is -2.45. The second-order valence-electron chi connectivity index (χ2n) is 5.64. The van der Waals surface area contributed by atoms with Gasteiger partial charge in [0.15, 0.2) is 5.78 Å². The number of nitro benzene ring substituents is 1. The average molecular weight is 381 g/mol. The van der Waals surface area contributed by atoms with Crippen LogP contribution in [0.15, 0.2) is 41.3 Å². The summed E-state index contributed by atoms with van der Waals surface area (Å²) in [5, 5.41) is 10.8.